The number of pyridine rings is 1. The minimum atomic E-state index is 0.434. The van der Waals surface area contributed by atoms with Crippen LogP contribution in [0.5, 0.6) is 11.6 Å². The van der Waals surface area contributed by atoms with Crippen LogP contribution in [0.15, 0.2) is 96.0 Å². The predicted molar refractivity (Wildman–Crippen MR) is 103 cm³/mol. The maximum atomic E-state index is 6.03. The summed E-state index contributed by atoms with van der Waals surface area (Å²) >= 11 is 0. The minimum Gasteiger partial charge on any atom is -0.436 e. The average Bonchev–Trinajstić information content (AvgIpc) is 3.36. The van der Waals surface area contributed by atoms with E-state index in [1.165, 1.54) is 0 Å². The van der Waals surface area contributed by atoms with Crippen LogP contribution >= 0.6 is 0 Å². The summed E-state index contributed by atoms with van der Waals surface area (Å²) in [6.45, 7) is 0. The van der Waals surface area contributed by atoms with Gasteiger partial charge in [0.2, 0.25) is 0 Å². The molecule has 5 nitrogen and oxygen atoms in total. The molecule has 0 aliphatic heterocycles. The fraction of sp³-hybridized carbons (Fsp3) is 0. The predicted octanol–water partition coefficient (Wildman–Crippen LogP) is 5.45. The molecule has 2 aromatic carbocycles. The van der Waals surface area contributed by atoms with Gasteiger partial charge in [-0.3, -0.25) is 0 Å². The van der Waals surface area contributed by atoms with Gasteiger partial charge in [-0.1, -0.05) is 48.5 Å². The molecule has 5 aromatic rings. The Morgan fingerprint density at radius 2 is 1.63 bits per heavy atom. The molecular weight excluding hydrogens is 338 g/mol. The molecule has 0 aliphatic carbocycles. The van der Waals surface area contributed by atoms with Gasteiger partial charge in [-0.2, -0.15) is 0 Å². The molecule has 5 rings (SSSR count). The lowest BCUT2D eigenvalue weighted by atomic mass is 10.0. The van der Waals surface area contributed by atoms with E-state index in [-0.39, 0.29) is 0 Å². The molecular formula is C22H15N3O2. The van der Waals surface area contributed by atoms with Crippen molar-refractivity contribution in [3.63, 3.8) is 0 Å². The summed E-state index contributed by atoms with van der Waals surface area (Å²) in [4.78, 5) is 4.23. The van der Waals surface area contributed by atoms with Crippen LogP contribution in [0.1, 0.15) is 0 Å². The SMILES string of the molecule is c1ccc(Oc2noc(-c3cccn4cncc34)c2-c2ccccc2)cc1. The lowest BCUT2D eigenvalue weighted by molar-refractivity contribution is 0.373. The Labute approximate surface area is 155 Å². The molecule has 0 saturated carbocycles. The summed E-state index contributed by atoms with van der Waals surface area (Å²) in [5, 5.41) is 4.23. The highest BCUT2D eigenvalue weighted by Gasteiger charge is 2.23. The Balaban J connectivity index is 1.71. The maximum Gasteiger partial charge on any atom is 0.268 e. The molecule has 3 heterocycles. The third-order valence-corrected chi connectivity index (χ3v) is 4.38. The van der Waals surface area contributed by atoms with E-state index in [1.807, 2.05) is 89.6 Å². The summed E-state index contributed by atoms with van der Waals surface area (Å²) in [7, 11) is 0. The maximum absolute atomic E-state index is 6.03. The smallest absolute Gasteiger partial charge is 0.268 e. The summed E-state index contributed by atoms with van der Waals surface area (Å²) in [6.07, 6.45) is 5.52. The Hall–Kier alpha value is -3.86. The Bertz CT molecular complexity index is 1190. The lowest BCUT2D eigenvalue weighted by Gasteiger charge is -2.07. The highest BCUT2D eigenvalue weighted by Crippen LogP contribution is 2.41. The van der Waals surface area contributed by atoms with Crippen LogP contribution in [-0.2, 0) is 0 Å². The van der Waals surface area contributed by atoms with Crippen LogP contribution in [0.3, 0.4) is 0 Å². The van der Waals surface area contributed by atoms with Crippen molar-refractivity contribution >= 4 is 5.52 Å². The number of rotatable bonds is 4. The summed E-state index contributed by atoms with van der Waals surface area (Å²) < 4.78 is 13.8. The molecule has 0 amide bonds. The van der Waals surface area contributed by atoms with Crippen molar-refractivity contribution in [2.45, 2.75) is 0 Å². The average molecular weight is 353 g/mol. The van der Waals surface area contributed by atoms with Crippen molar-refractivity contribution in [1.82, 2.24) is 14.5 Å². The number of fused-ring (bicyclic) bond motifs is 1. The van der Waals surface area contributed by atoms with E-state index < -0.39 is 0 Å². The van der Waals surface area contributed by atoms with Gasteiger partial charge < -0.3 is 13.7 Å². The normalized spacial score (nSPS) is 11.0. The molecule has 0 atom stereocenters. The zero-order valence-electron chi connectivity index (χ0n) is 14.3. The van der Waals surface area contributed by atoms with Crippen molar-refractivity contribution in [3.05, 3.63) is 91.5 Å². The number of imidazole rings is 1. The largest absolute Gasteiger partial charge is 0.436 e. The van der Waals surface area contributed by atoms with Gasteiger partial charge in [-0.15, -0.1) is 0 Å². The number of benzene rings is 2. The van der Waals surface area contributed by atoms with E-state index in [4.69, 9.17) is 9.26 Å². The van der Waals surface area contributed by atoms with Gasteiger partial charge in [-0.05, 0) is 35.0 Å². The Kier molecular flexibility index (Phi) is 3.68. The van der Waals surface area contributed by atoms with Gasteiger partial charge in [0.15, 0.2) is 5.76 Å². The highest BCUT2D eigenvalue weighted by molar-refractivity contribution is 5.89. The van der Waals surface area contributed by atoms with E-state index in [2.05, 4.69) is 10.1 Å². The van der Waals surface area contributed by atoms with Crippen LogP contribution < -0.4 is 4.74 Å². The van der Waals surface area contributed by atoms with Crippen molar-refractivity contribution in [1.29, 1.82) is 0 Å². The number of para-hydroxylation sites is 1. The second kappa shape index (κ2) is 6.46. The summed E-state index contributed by atoms with van der Waals surface area (Å²) in [6, 6.07) is 23.5. The first-order valence-electron chi connectivity index (χ1n) is 8.59. The fourth-order valence-corrected chi connectivity index (χ4v) is 3.13. The molecule has 3 aromatic heterocycles. The van der Waals surface area contributed by atoms with Gasteiger partial charge >= 0.3 is 0 Å². The number of nitrogens with zero attached hydrogens (tertiary/aromatic N) is 3. The first kappa shape index (κ1) is 15.4. The third-order valence-electron chi connectivity index (χ3n) is 4.38. The summed E-state index contributed by atoms with van der Waals surface area (Å²) in [5.74, 6) is 1.79. The molecule has 130 valence electrons. The molecule has 0 fully saturated rings. The van der Waals surface area contributed by atoms with Crippen molar-refractivity contribution in [2.24, 2.45) is 0 Å². The van der Waals surface area contributed by atoms with Crippen molar-refractivity contribution in [3.8, 4) is 34.1 Å². The standard InChI is InChI=1S/C22H15N3O2/c1-3-8-16(9-4-1)20-21(18-12-7-13-25-15-23-14-19(18)25)27-24-22(20)26-17-10-5-2-6-11-17/h1-15H. The monoisotopic (exact) mass is 353 g/mol. The highest BCUT2D eigenvalue weighted by atomic mass is 16.5. The fourth-order valence-electron chi connectivity index (χ4n) is 3.13. The number of hydrogen-bond acceptors (Lipinski definition) is 4. The zero-order chi connectivity index (χ0) is 18.1. The van der Waals surface area contributed by atoms with Crippen LogP contribution in [0.25, 0.3) is 28.0 Å². The lowest BCUT2D eigenvalue weighted by Crippen LogP contribution is -1.89. The van der Waals surface area contributed by atoms with Crippen LogP contribution in [-0.4, -0.2) is 14.5 Å². The first-order chi connectivity index (χ1) is 13.4. The third kappa shape index (κ3) is 2.75. The summed E-state index contributed by atoms with van der Waals surface area (Å²) in [5.41, 5.74) is 3.64. The van der Waals surface area contributed by atoms with E-state index in [0.717, 1.165) is 22.2 Å². The van der Waals surface area contributed by atoms with E-state index in [9.17, 15) is 0 Å². The van der Waals surface area contributed by atoms with Crippen LogP contribution in [0, 0.1) is 0 Å². The molecule has 0 spiro atoms. The molecule has 27 heavy (non-hydrogen) atoms. The second-order valence-electron chi connectivity index (χ2n) is 6.08. The van der Waals surface area contributed by atoms with Gasteiger partial charge in [0.05, 0.1) is 23.6 Å². The number of ether oxygens (including phenoxy) is 1. The Morgan fingerprint density at radius 1 is 0.852 bits per heavy atom. The number of aromatic nitrogens is 3. The van der Waals surface area contributed by atoms with E-state index in [0.29, 0.717) is 17.4 Å². The van der Waals surface area contributed by atoms with Crippen LogP contribution in [0.2, 0.25) is 0 Å². The molecule has 5 heteroatoms. The van der Waals surface area contributed by atoms with E-state index >= 15 is 0 Å². The van der Waals surface area contributed by atoms with Crippen LogP contribution in [0.4, 0.5) is 0 Å². The second-order valence-corrected chi connectivity index (χ2v) is 6.08. The quantitative estimate of drug-likeness (QED) is 0.431. The molecule has 0 unspecified atom stereocenters. The Morgan fingerprint density at radius 3 is 2.44 bits per heavy atom. The van der Waals surface area contributed by atoms with Gasteiger partial charge in [-0.25, -0.2) is 4.98 Å². The van der Waals surface area contributed by atoms with Crippen molar-refractivity contribution < 1.29 is 9.26 Å². The minimum absolute atomic E-state index is 0.434. The van der Waals surface area contributed by atoms with Gasteiger partial charge in [0, 0.05) is 11.8 Å². The molecule has 0 aliphatic rings. The molecule has 0 radical (unpaired) electrons. The molecule has 0 N–H and O–H groups in total. The molecule has 0 bridgehead atoms. The number of hydrogen-bond donors (Lipinski definition) is 0. The van der Waals surface area contributed by atoms with E-state index in [1.54, 1.807) is 6.33 Å². The topological polar surface area (TPSA) is 52.6 Å². The van der Waals surface area contributed by atoms with Crippen molar-refractivity contribution in [2.75, 3.05) is 0 Å². The van der Waals surface area contributed by atoms with Gasteiger partial charge in [0.1, 0.15) is 5.75 Å². The van der Waals surface area contributed by atoms with Gasteiger partial charge in [0.25, 0.3) is 5.88 Å². The molecule has 0 saturated heterocycles. The first-order valence-corrected chi connectivity index (χ1v) is 8.59. The zero-order valence-corrected chi connectivity index (χ0v) is 14.3.